The van der Waals surface area contributed by atoms with Gasteiger partial charge in [-0.2, -0.15) is 0 Å². The average molecular weight is 281 g/mol. The van der Waals surface area contributed by atoms with E-state index in [4.69, 9.17) is 21.4 Å². The zero-order valence-corrected chi connectivity index (χ0v) is 10.7. The summed E-state index contributed by atoms with van der Waals surface area (Å²) < 4.78 is 18.3. The van der Waals surface area contributed by atoms with Gasteiger partial charge in [0.25, 0.3) is 0 Å². The Bertz CT molecular complexity index is 641. The van der Waals surface area contributed by atoms with Crippen LogP contribution in [0, 0.1) is 5.82 Å². The number of carbonyl (C=O) groups is 1. The first-order valence-electron chi connectivity index (χ1n) is 5.39. The molecule has 0 aromatic heterocycles. The second-order valence-electron chi connectivity index (χ2n) is 3.84. The van der Waals surface area contributed by atoms with Gasteiger partial charge in [-0.1, -0.05) is 17.7 Å². The number of rotatable bonds is 3. The monoisotopic (exact) mass is 280 g/mol. The summed E-state index contributed by atoms with van der Waals surface area (Å²) in [7, 11) is 1.46. The molecule has 0 unspecified atom stereocenters. The maximum absolute atomic E-state index is 13.2. The smallest absolute Gasteiger partial charge is 0.336 e. The largest absolute Gasteiger partial charge is 0.496 e. The molecule has 0 amide bonds. The van der Waals surface area contributed by atoms with Gasteiger partial charge in [0.15, 0.2) is 0 Å². The molecule has 0 saturated carbocycles. The SMILES string of the molecule is COc1cc(Cl)ccc1-c1ccc(F)cc1C(=O)O. The number of hydrogen-bond acceptors (Lipinski definition) is 2. The fraction of sp³-hybridized carbons (Fsp3) is 0.0714. The van der Waals surface area contributed by atoms with E-state index in [9.17, 15) is 9.18 Å². The fourth-order valence-electron chi connectivity index (χ4n) is 1.82. The van der Waals surface area contributed by atoms with Crippen LogP contribution in [0.25, 0.3) is 11.1 Å². The molecule has 0 aliphatic rings. The Hall–Kier alpha value is -2.07. The summed E-state index contributed by atoms with van der Waals surface area (Å²) in [6.45, 7) is 0. The average Bonchev–Trinajstić information content (AvgIpc) is 2.38. The van der Waals surface area contributed by atoms with Crippen LogP contribution in [0.5, 0.6) is 5.75 Å². The van der Waals surface area contributed by atoms with Crippen LogP contribution in [0.4, 0.5) is 4.39 Å². The zero-order valence-electron chi connectivity index (χ0n) is 9.98. The number of carboxylic acids is 1. The van der Waals surface area contributed by atoms with E-state index < -0.39 is 11.8 Å². The van der Waals surface area contributed by atoms with E-state index in [1.54, 1.807) is 18.2 Å². The van der Waals surface area contributed by atoms with Crippen LogP contribution >= 0.6 is 11.6 Å². The van der Waals surface area contributed by atoms with Crippen LogP contribution in [0.1, 0.15) is 10.4 Å². The van der Waals surface area contributed by atoms with E-state index in [1.165, 1.54) is 19.2 Å². The Balaban J connectivity index is 2.68. The number of carboxylic acid groups (broad SMARTS) is 1. The lowest BCUT2D eigenvalue weighted by atomic mass is 9.98. The van der Waals surface area contributed by atoms with Gasteiger partial charge in [0.05, 0.1) is 12.7 Å². The molecule has 2 aromatic rings. The molecule has 0 heterocycles. The maximum Gasteiger partial charge on any atom is 0.336 e. The first-order chi connectivity index (χ1) is 9.02. The highest BCUT2D eigenvalue weighted by Gasteiger charge is 2.16. The van der Waals surface area contributed by atoms with Gasteiger partial charge in [0, 0.05) is 16.1 Å². The second-order valence-corrected chi connectivity index (χ2v) is 4.28. The molecule has 98 valence electrons. The van der Waals surface area contributed by atoms with Crippen molar-refractivity contribution in [3.05, 3.63) is 52.8 Å². The number of methoxy groups -OCH3 is 1. The van der Waals surface area contributed by atoms with E-state index in [1.807, 2.05) is 0 Å². The Morgan fingerprint density at radius 2 is 1.89 bits per heavy atom. The van der Waals surface area contributed by atoms with Crippen molar-refractivity contribution in [2.45, 2.75) is 0 Å². The van der Waals surface area contributed by atoms with Crippen molar-refractivity contribution < 1.29 is 19.0 Å². The summed E-state index contributed by atoms with van der Waals surface area (Å²) in [6, 6.07) is 8.42. The van der Waals surface area contributed by atoms with Gasteiger partial charge in [-0.05, 0) is 30.3 Å². The third kappa shape index (κ3) is 2.69. The molecule has 19 heavy (non-hydrogen) atoms. The first kappa shape index (κ1) is 13.4. The number of aromatic carboxylic acids is 1. The van der Waals surface area contributed by atoms with Gasteiger partial charge < -0.3 is 9.84 Å². The summed E-state index contributed by atoms with van der Waals surface area (Å²) in [5, 5.41) is 9.61. The van der Waals surface area contributed by atoms with Crippen molar-refractivity contribution in [1.82, 2.24) is 0 Å². The van der Waals surface area contributed by atoms with Gasteiger partial charge in [0.1, 0.15) is 11.6 Å². The predicted molar refractivity (Wildman–Crippen MR) is 70.4 cm³/mol. The van der Waals surface area contributed by atoms with Crippen LogP contribution in [-0.2, 0) is 0 Å². The van der Waals surface area contributed by atoms with Crippen LogP contribution < -0.4 is 4.74 Å². The van der Waals surface area contributed by atoms with Crippen molar-refractivity contribution >= 4 is 17.6 Å². The highest BCUT2D eigenvalue weighted by Crippen LogP contribution is 2.34. The Morgan fingerprint density at radius 3 is 2.53 bits per heavy atom. The predicted octanol–water partition coefficient (Wildman–Crippen LogP) is 3.85. The highest BCUT2D eigenvalue weighted by molar-refractivity contribution is 6.30. The third-order valence-corrected chi connectivity index (χ3v) is 2.90. The molecule has 1 N–H and O–H groups in total. The van der Waals surface area contributed by atoms with Gasteiger partial charge in [-0.3, -0.25) is 0 Å². The molecular formula is C14H10ClFO3. The quantitative estimate of drug-likeness (QED) is 0.929. The van der Waals surface area contributed by atoms with E-state index >= 15 is 0 Å². The lowest BCUT2D eigenvalue weighted by Gasteiger charge is -2.11. The number of ether oxygens (including phenoxy) is 1. The van der Waals surface area contributed by atoms with Gasteiger partial charge in [-0.15, -0.1) is 0 Å². The highest BCUT2D eigenvalue weighted by atomic mass is 35.5. The van der Waals surface area contributed by atoms with Gasteiger partial charge >= 0.3 is 5.97 Å². The van der Waals surface area contributed by atoms with E-state index in [0.717, 1.165) is 6.07 Å². The summed E-state index contributed by atoms with van der Waals surface area (Å²) in [4.78, 5) is 11.2. The Kier molecular flexibility index (Phi) is 3.71. The standard InChI is InChI=1S/C14H10ClFO3/c1-19-13-6-8(15)2-4-11(13)10-5-3-9(16)7-12(10)14(17)18/h2-7H,1H3,(H,17,18). The molecular weight excluding hydrogens is 271 g/mol. The van der Waals surface area contributed by atoms with Crippen molar-refractivity contribution in [2.75, 3.05) is 7.11 Å². The van der Waals surface area contributed by atoms with E-state index in [0.29, 0.717) is 21.9 Å². The van der Waals surface area contributed by atoms with E-state index in [2.05, 4.69) is 0 Å². The van der Waals surface area contributed by atoms with Crippen molar-refractivity contribution in [3.63, 3.8) is 0 Å². The lowest BCUT2D eigenvalue weighted by Crippen LogP contribution is -2.01. The summed E-state index contributed by atoms with van der Waals surface area (Å²) in [6.07, 6.45) is 0. The molecule has 3 nitrogen and oxygen atoms in total. The van der Waals surface area contributed by atoms with Gasteiger partial charge in [0.2, 0.25) is 0 Å². The minimum absolute atomic E-state index is 0.124. The van der Waals surface area contributed by atoms with Crippen LogP contribution in [-0.4, -0.2) is 18.2 Å². The third-order valence-electron chi connectivity index (χ3n) is 2.67. The van der Waals surface area contributed by atoms with Crippen LogP contribution in [0.3, 0.4) is 0 Å². The Labute approximate surface area is 114 Å². The van der Waals surface area contributed by atoms with Crippen LogP contribution in [0.15, 0.2) is 36.4 Å². The minimum Gasteiger partial charge on any atom is -0.496 e. The first-order valence-corrected chi connectivity index (χ1v) is 5.77. The molecule has 0 saturated heterocycles. The molecule has 0 aliphatic carbocycles. The number of hydrogen-bond donors (Lipinski definition) is 1. The van der Waals surface area contributed by atoms with Crippen molar-refractivity contribution in [3.8, 4) is 16.9 Å². The summed E-state index contributed by atoms with van der Waals surface area (Å²) in [5.74, 6) is -1.37. The minimum atomic E-state index is -1.20. The topological polar surface area (TPSA) is 46.5 Å². The maximum atomic E-state index is 13.2. The summed E-state index contributed by atoms with van der Waals surface area (Å²) in [5.41, 5.74) is 0.798. The number of halogens is 2. The van der Waals surface area contributed by atoms with Gasteiger partial charge in [-0.25, -0.2) is 9.18 Å². The molecule has 0 atom stereocenters. The number of benzene rings is 2. The normalized spacial score (nSPS) is 10.3. The molecule has 0 spiro atoms. The molecule has 0 aliphatic heterocycles. The fourth-order valence-corrected chi connectivity index (χ4v) is 1.98. The zero-order chi connectivity index (χ0) is 14.0. The summed E-state index contributed by atoms with van der Waals surface area (Å²) >= 11 is 5.85. The molecule has 2 rings (SSSR count). The Morgan fingerprint density at radius 1 is 1.21 bits per heavy atom. The van der Waals surface area contributed by atoms with Crippen molar-refractivity contribution in [2.24, 2.45) is 0 Å². The molecule has 5 heteroatoms. The molecule has 0 bridgehead atoms. The lowest BCUT2D eigenvalue weighted by molar-refractivity contribution is 0.0697. The van der Waals surface area contributed by atoms with E-state index in [-0.39, 0.29) is 5.56 Å². The van der Waals surface area contributed by atoms with Crippen molar-refractivity contribution in [1.29, 1.82) is 0 Å². The molecule has 2 aromatic carbocycles. The molecule has 0 radical (unpaired) electrons. The van der Waals surface area contributed by atoms with Crippen LogP contribution in [0.2, 0.25) is 5.02 Å². The second kappa shape index (κ2) is 5.28. The molecule has 0 fully saturated rings.